The van der Waals surface area contributed by atoms with E-state index in [0.717, 1.165) is 5.69 Å². The molecule has 1 atom stereocenters. The number of amides is 2. The Labute approximate surface area is 137 Å². The van der Waals surface area contributed by atoms with Crippen LogP contribution in [0.3, 0.4) is 0 Å². The van der Waals surface area contributed by atoms with E-state index < -0.39 is 0 Å². The molecule has 0 aliphatic carbocycles. The van der Waals surface area contributed by atoms with E-state index in [1.54, 1.807) is 11.6 Å². The van der Waals surface area contributed by atoms with E-state index in [-0.39, 0.29) is 22.8 Å². The molecule has 7 heteroatoms. The average Bonchev–Trinajstić information content (AvgIpc) is 3.01. The number of nitrogens with zero attached hydrogens (tertiary/aromatic N) is 1. The van der Waals surface area contributed by atoms with Gasteiger partial charge in [-0.2, -0.15) is 0 Å². The molecule has 0 radical (unpaired) electrons. The fourth-order valence-electron chi connectivity index (χ4n) is 1.74. The average molecular weight is 335 g/mol. The Morgan fingerprint density at radius 1 is 1.27 bits per heavy atom. The first-order valence-electron chi connectivity index (χ1n) is 6.86. The maximum Gasteiger partial charge on any atom is 0.239 e. The Bertz CT molecular complexity index is 603. The van der Waals surface area contributed by atoms with Crippen molar-refractivity contribution >= 4 is 45.7 Å². The van der Waals surface area contributed by atoms with Crippen LogP contribution in [0.15, 0.2) is 41.9 Å². The molecule has 0 saturated carbocycles. The number of carbonyl (C=O) groups excluding carboxylic acids is 2. The van der Waals surface area contributed by atoms with Crippen molar-refractivity contribution in [1.29, 1.82) is 0 Å². The summed E-state index contributed by atoms with van der Waals surface area (Å²) >= 11 is 2.71. The molecule has 1 aromatic heterocycles. The number of hydrogen-bond donors (Lipinski definition) is 2. The molecule has 0 spiro atoms. The molecule has 0 aliphatic heterocycles. The number of carbonyl (C=O) groups is 2. The Hall–Kier alpha value is -1.86. The van der Waals surface area contributed by atoms with E-state index >= 15 is 0 Å². The van der Waals surface area contributed by atoms with Gasteiger partial charge >= 0.3 is 0 Å². The third-order valence-electron chi connectivity index (χ3n) is 2.80. The van der Waals surface area contributed by atoms with Gasteiger partial charge in [0, 0.05) is 17.3 Å². The lowest BCUT2D eigenvalue weighted by atomic mass is 10.3. The van der Waals surface area contributed by atoms with Gasteiger partial charge in [0.1, 0.15) is 0 Å². The highest BCUT2D eigenvalue weighted by molar-refractivity contribution is 8.01. The smallest absolute Gasteiger partial charge is 0.239 e. The summed E-state index contributed by atoms with van der Waals surface area (Å²) in [6, 6.07) is 9.27. The normalized spacial score (nSPS) is 11.7. The molecule has 2 N–H and O–H groups in total. The van der Waals surface area contributed by atoms with E-state index in [1.165, 1.54) is 23.1 Å². The highest BCUT2D eigenvalue weighted by atomic mass is 32.2. The SMILES string of the molecule is CCC(SCC(=O)Nc1ccccc1)C(=O)Nc1nccs1. The third kappa shape index (κ3) is 5.16. The van der Waals surface area contributed by atoms with Crippen LogP contribution in [0.25, 0.3) is 0 Å². The molecule has 116 valence electrons. The van der Waals surface area contributed by atoms with Crippen molar-refractivity contribution in [3.8, 4) is 0 Å². The fraction of sp³-hybridized carbons (Fsp3) is 0.267. The van der Waals surface area contributed by atoms with Crippen molar-refractivity contribution in [2.24, 2.45) is 0 Å². The van der Waals surface area contributed by atoms with Gasteiger partial charge in [0.2, 0.25) is 11.8 Å². The number of benzene rings is 1. The Morgan fingerprint density at radius 2 is 2.05 bits per heavy atom. The van der Waals surface area contributed by atoms with Crippen molar-refractivity contribution in [2.45, 2.75) is 18.6 Å². The van der Waals surface area contributed by atoms with Crippen molar-refractivity contribution < 1.29 is 9.59 Å². The maximum absolute atomic E-state index is 12.1. The van der Waals surface area contributed by atoms with Crippen LogP contribution >= 0.6 is 23.1 Å². The van der Waals surface area contributed by atoms with E-state index in [0.29, 0.717) is 11.6 Å². The lowest BCUT2D eigenvalue weighted by Crippen LogP contribution is -2.26. The summed E-state index contributed by atoms with van der Waals surface area (Å²) in [5.41, 5.74) is 0.758. The van der Waals surface area contributed by atoms with E-state index in [2.05, 4.69) is 15.6 Å². The molecular weight excluding hydrogens is 318 g/mol. The van der Waals surface area contributed by atoms with Crippen molar-refractivity contribution in [3.63, 3.8) is 0 Å². The van der Waals surface area contributed by atoms with Crippen LogP contribution in [0.4, 0.5) is 10.8 Å². The first-order chi connectivity index (χ1) is 10.7. The van der Waals surface area contributed by atoms with Crippen LogP contribution in [0.2, 0.25) is 0 Å². The molecule has 1 unspecified atom stereocenters. The lowest BCUT2D eigenvalue weighted by Gasteiger charge is -2.13. The summed E-state index contributed by atoms with van der Waals surface area (Å²) in [5.74, 6) is 0.00487. The summed E-state index contributed by atoms with van der Waals surface area (Å²) in [5, 5.41) is 7.68. The zero-order chi connectivity index (χ0) is 15.8. The van der Waals surface area contributed by atoms with Gasteiger partial charge in [0.25, 0.3) is 0 Å². The lowest BCUT2D eigenvalue weighted by molar-refractivity contribution is -0.115. The monoisotopic (exact) mass is 335 g/mol. The number of aromatic nitrogens is 1. The zero-order valence-electron chi connectivity index (χ0n) is 12.1. The minimum Gasteiger partial charge on any atom is -0.325 e. The number of para-hydroxylation sites is 1. The molecule has 1 heterocycles. The number of rotatable bonds is 7. The second-order valence-electron chi connectivity index (χ2n) is 4.45. The van der Waals surface area contributed by atoms with E-state index in [4.69, 9.17) is 0 Å². The van der Waals surface area contributed by atoms with Crippen LogP contribution in [-0.4, -0.2) is 27.8 Å². The summed E-state index contributed by atoms with van der Waals surface area (Å²) in [6.45, 7) is 1.92. The van der Waals surface area contributed by atoms with E-state index in [9.17, 15) is 9.59 Å². The number of nitrogens with one attached hydrogen (secondary N) is 2. The molecule has 0 aliphatic rings. The molecule has 1 aromatic carbocycles. The highest BCUT2D eigenvalue weighted by Crippen LogP contribution is 2.19. The Balaban J connectivity index is 1.80. The van der Waals surface area contributed by atoms with Crippen molar-refractivity contribution in [1.82, 2.24) is 4.98 Å². The molecule has 2 amide bonds. The van der Waals surface area contributed by atoms with Gasteiger partial charge in [-0.1, -0.05) is 25.1 Å². The first-order valence-corrected chi connectivity index (χ1v) is 8.78. The van der Waals surface area contributed by atoms with Gasteiger partial charge < -0.3 is 10.6 Å². The summed E-state index contributed by atoms with van der Waals surface area (Å²) in [4.78, 5) is 28.0. The standard InChI is InChI=1S/C15H17N3O2S2/c1-2-12(14(20)18-15-16-8-9-21-15)22-10-13(19)17-11-6-4-3-5-7-11/h3-9,12H,2,10H2,1H3,(H,17,19)(H,16,18,20). The molecule has 5 nitrogen and oxygen atoms in total. The van der Waals surface area contributed by atoms with Crippen LogP contribution in [0, 0.1) is 0 Å². The molecular formula is C15H17N3O2S2. The van der Waals surface area contributed by atoms with Crippen LogP contribution in [0.5, 0.6) is 0 Å². The second-order valence-corrected chi connectivity index (χ2v) is 6.53. The summed E-state index contributed by atoms with van der Waals surface area (Å²) in [7, 11) is 0. The quantitative estimate of drug-likeness (QED) is 0.815. The minimum absolute atomic E-state index is 0.114. The van der Waals surface area contributed by atoms with Gasteiger partial charge in [0.15, 0.2) is 5.13 Å². The van der Waals surface area contributed by atoms with Crippen LogP contribution in [0.1, 0.15) is 13.3 Å². The zero-order valence-corrected chi connectivity index (χ0v) is 13.7. The third-order valence-corrected chi connectivity index (χ3v) is 4.87. The first kappa shape index (κ1) is 16.5. The molecule has 2 rings (SSSR count). The Morgan fingerprint density at radius 3 is 2.68 bits per heavy atom. The number of anilines is 2. The van der Waals surface area contributed by atoms with Gasteiger partial charge in [-0.15, -0.1) is 23.1 Å². The predicted octanol–water partition coefficient (Wildman–Crippen LogP) is 3.23. The summed E-state index contributed by atoms with van der Waals surface area (Å²) in [6.07, 6.45) is 2.29. The van der Waals surface area contributed by atoms with Crippen molar-refractivity contribution in [2.75, 3.05) is 16.4 Å². The topological polar surface area (TPSA) is 71.1 Å². The fourth-order valence-corrected chi connectivity index (χ4v) is 3.15. The number of thiazole rings is 1. The molecule has 22 heavy (non-hydrogen) atoms. The molecule has 0 fully saturated rings. The maximum atomic E-state index is 12.1. The minimum atomic E-state index is -0.273. The summed E-state index contributed by atoms with van der Waals surface area (Å²) < 4.78 is 0. The van der Waals surface area contributed by atoms with Gasteiger partial charge in [-0.25, -0.2) is 4.98 Å². The van der Waals surface area contributed by atoms with E-state index in [1.807, 2.05) is 37.3 Å². The van der Waals surface area contributed by atoms with Gasteiger partial charge in [-0.3, -0.25) is 9.59 Å². The Kier molecular flexibility index (Phi) is 6.42. The van der Waals surface area contributed by atoms with Gasteiger partial charge in [-0.05, 0) is 18.6 Å². The van der Waals surface area contributed by atoms with Crippen LogP contribution in [-0.2, 0) is 9.59 Å². The highest BCUT2D eigenvalue weighted by Gasteiger charge is 2.19. The van der Waals surface area contributed by atoms with Crippen molar-refractivity contribution in [3.05, 3.63) is 41.9 Å². The molecule has 0 bridgehead atoms. The van der Waals surface area contributed by atoms with Gasteiger partial charge in [0.05, 0.1) is 11.0 Å². The molecule has 0 saturated heterocycles. The number of hydrogen-bond acceptors (Lipinski definition) is 5. The number of thioether (sulfide) groups is 1. The second kappa shape index (κ2) is 8.55. The van der Waals surface area contributed by atoms with Crippen LogP contribution < -0.4 is 10.6 Å². The largest absolute Gasteiger partial charge is 0.325 e. The predicted molar refractivity (Wildman–Crippen MR) is 92.4 cm³/mol. The molecule has 2 aromatic rings.